The molecule has 0 atom stereocenters. The molecule has 0 bridgehead atoms. The third-order valence-corrected chi connectivity index (χ3v) is 5.93. The van der Waals surface area contributed by atoms with Crippen LogP contribution in [0.1, 0.15) is 11.1 Å². The lowest BCUT2D eigenvalue weighted by atomic mass is 9.95. The number of nitrogen functional groups attached to an aromatic ring is 1. The molecule has 1 heterocycles. The topological polar surface area (TPSA) is 196 Å². The number of phosphoric ester groups is 1. The molecule has 0 aliphatic rings. The van der Waals surface area contributed by atoms with E-state index in [9.17, 15) is 19.8 Å². The van der Waals surface area contributed by atoms with Gasteiger partial charge >= 0.3 is 7.82 Å². The number of nitrogens with one attached hydrogen (secondary N) is 2. The highest BCUT2D eigenvalue weighted by molar-refractivity contribution is 7.46. The van der Waals surface area contributed by atoms with Gasteiger partial charge in [-0.3, -0.25) is 20.0 Å². The van der Waals surface area contributed by atoms with E-state index in [0.717, 1.165) is 10.9 Å². The largest absolute Gasteiger partial charge is 0.507 e. The number of amidine groups is 1. The van der Waals surface area contributed by atoms with Gasteiger partial charge in [-0.2, -0.15) is 0 Å². The van der Waals surface area contributed by atoms with Crippen LogP contribution in [0.4, 0.5) is 5.69 Å². The maximum atomic E-state index is 11.3. The zero-order valence-electron chi connectivity index (χ0n) is 18.1. The van der Waals surface area contributed by atoms with Crippen LogP contribution >= 0.6 is 7.82 Å². The molecule has 0 saturated carbocycles. The Labute approximate surface area is 198 Å². The van der Waals surface area contributed by atoms with Crippen molar-refractivity contribution in [3.05, 3.63) is 81.9 Å². The van der Waals surface area contributed by atoms with Gasteiger partial charge in [0.2, 0.25) is 0 Å². The highest BCUT2D eigenvalue weighted by atomic mass is 31.2. The van der Waals surface area contributed by atoms with E-state index in [0.29, 0.717) is 33.5 Å². The van der Waals surface area contributed by atoms with Gasteiger partial charge in [0, 0.05) is 39.7 Å². The summed E-state index contributed by atoms with van der Waals surface area (Å²) >= 11 is 0. The lowest BCUT2D eigenvalue weighted by molar-refractivity contribution is -0.384. The lowest BCUT2D eigenvalue weighted by Gasteiger charge is -2.13. The Morgan fingerprint density at radius 2 is 1.86 bits per heavy atom. The Hall–Kier alpha value is -4.02. The number of nitrogens with two attached hydrogens (primary N) is 1. The molecule has 0 fully saturated rings. The quantitative estimate of drug-likeness (QED) is 0.0690. The summed E-state index contributed by atoms with van der Waals surface area (Å²) in [5.74, 6) is -0.221. The average Bonchev–Trinajstić information content (AvgIpc) is 3.22. The molecule has 11 nitrogen and oxygen atoms in total. The summed E-state index contributed by atoms with van der Waals surface area (Å²) in [5.41, 5.74) is 8.88. The Kier molecular flexibility index (Phi) is 6.42. The first-order chi connectivity index (χ1) is 16.5. The Bertz CT molecular complexity index is 1510. The first-order valence-electron chi connectivity index (χ1n) is 10.3. The minimum atomic E-state index is -4.66. The van der Waals surface area contributed by atoms with Crippen LogP contribution in [0.25, 0.3) is 33.3 Å². The third-order valence-electron chi connectivity index (χ3n) is 5.41. The standard InChI is InChI=1S/C23H21N4O7P/c24-23(25)15-4-5-20-16(10-15)12-21(26-20)19-9-13(6-7-34-35(31,32)33)8-18(22(19)28)14-2-1-3-17(11-14)27(29)30/h1-5,8-12,26,28H,6-7H2,(H3,24,25)(H2,31,32,33). The van der Waals surface area contributed by atoms with Gasteiger partial charge in [0.05, 0.1) is 17.2 Å². The van der Waals surface area contributed by atoms with Crippen molar-refractivity contribution in [1.82, 2.24) is 4.98 Å². The Morgan fingerprint density at radius 1 is 1.11 bits per heavy atom. The van der Waals surface area contributed by atoms with E-state index in [4.69, 9.17) is 20.9 Å². The molecule has 0 spiro atoms. The van der Waals surface area contributed by atoms with E-state index in [2.05, 4.69) is 9.51 Å². The molecule has 4 rings (SSSR count). The predicted molar refractivity (Wildman–Crippen MR) is 130 cm³/mol. The molecule has 12 heteroatoms. The number of H-pyrrole nitrogens is 1. The summed E-state index contributed by atoms with van der Waals surface area (Å²) in [7, 11) is -4.66. The van der Waals surface area contributed by atoms with Crippen LogP contribution in [0.15, 0.2) is 60.7 Å². The Morgan fingerprint density at radius 3 is 2.54 bits per heavy atom. The lowest BCUT2D eigenvalue weighted by Crippen LogP contribution is -2.10. The van der Waals surface area contributed by atoms with Gasteiger partial charge in [-0.05, 0) is 53.9 Å². The van der Waals surface area contributed by atoms with Crippen molar-refractivity contribution in [3.63, 3.8) is 0 Å². The summed E-state index contributed by atoms with van der Waals surface area (Å²) in [6.45, 7) is -0.280. The van der Waals surface area contributed by atoms with E-state index in [-0.39, 0.29) is 30.3 Å². The molecule has 35 heavy (non-hydrogen) atoms. The van der Waals surface area contributed by atoms with E-state index in [1.807, 2.05) is 0 Å². The number of rotatable bonds is 8. The molecule has 0 amide bonds. The van der Waals surface area contributed by atoms with Crippen LogP contribution < -0.4 is 5.73 Å². The summed E-state index contributed by atoms with van der Waals surface area (Å²) < 4.78 is 15.6. The van der Waals surface area contributed by atoms with Crippen LogP contribution in [0, 0.1) is 15.5 Å². The number of phosphoric acid groups is 1. The number of phenolic OH excluding ortho intramolecular Hbond substituents is 1. The zero-order valence-corrected chi connectivity index (χ0v) is 19.0. The van der Waals surface area contributed by atoms with E-state index < -0.39 is 12.7 Å². The smallest absolute Gasteiger partial charge is 0.469 e. The van der Waals surface area contributed by atoms with Crippen LogP contribution in [0.3, 0.4) is 0 Å². The number of aromatic hydroxyl groups is 1. The number of aromatic amines is 1. The first-order valence-corrected chi connectivity index (χ1v) is 11.8. The van der Waals surface area contributed by atoms with Gasteiger partial charge in [0.15, 0.2) is 0 Å². The zero-order chi connectivity index (χ0) is 25.3. The maximum absolute atomic E-state index is 11.3. The van der Waals surface area contributed by atoms with Crippen molar-refractivity contribution in [2.24, 2.45) is 5.73 Å². The number of nitro groups is 1. The van der Waals surface area contributed by atoms with Crippen LogP contribution in [0.2, 0.25) is 0 Å². The number of fused-ring (bicyclic) bond motifs is 1. The highest BCUT2D eigenvalue weighted by Crippen LogP contribution is 2.41. The number of nitrogens with zero attached hydrogens (tertiary/aromatic N) is 1. The van der Waals surface area contributed by atoms with Crippen molar-refractivity contribution in [2.75, 3.05) is 6.61 Å². The number of nitro benzene ring substituents is 1. The molecule has 0 aliphatic carbocycles. The third kappa shape index (κ3) is 5.39. The van der Waals surface area contributed by atoms with Crippen LogP contribution in [-0.4, -0.2) is 37.2 Å². The second-order valence-electron chi connectivity index (χ2n) is 7.82. The van der Waals surface area contributed by atoms with Gasteiger partial charge < -0.3 is 25.6 Å². The molecule has 0 radical (unpaired) electrons. The molecular weight excluding hydrogens is 475 g/mol. The number of hydrogen-bond donors (Lipinski definition) is 6. The minimum Gasteiger partial charge on any atom is -0.507 e. The van der Waals surface area contributed by atoms with E-state index in [1.54, 1.807) is 42.5 Å². The molecule has 0 aliphatic heterocycles. The van der Waals surface area contributed by atoms with Crippen molar-refractivity contribution < 1.29 is 28.9 Å². The molecule has 4 aromatic rings. The number of phenols is 1. The summed E-state index contributed by atoms with van der Waals surface area (Å²) in [4.78, 5) is 31.9. The molecular formula is C23H21N4O7P. The fraction of sp³-hybridized carbons (Fsp3) is 0.0870. The number of aromatic nitrogens is 1. The SMILES string of the molecule is N=C(N)c1ccc2[nH]c(-c3cc(CCOP(=O)(O)O)cc(-c4cccc([N+](=O)[O-])c4)c3O)cc2c1. The minimum absolute atomic E-state index is 0.0856. The predicted octanol–water partition coefficient (Wildman–Crippen LogP) is 4.05. The van der Waals surface area contributed by atoms with Crippen molar-refractivity contribution in [3.8, 4) is 28.1 Å². The monoisotopic (exact) mass is 496 g/mol. The summed E-state index contributed by atoms with van der Waals surface area (Å²) in [6.07, 6.45) is 0.106. The molecule has 0 unspecified atom stereocenters. The second kappa shape index (κ2) is 9.32. The fourth-order valence-electron chi connectivity index (χ4n) is 3.78. The average molecular weight is 496 g/mol. The maximum Gasteiger partial charge on any atom is 0.469 e. The van der Waals surface area contributed by atoms with Crippen LogP contribution in [-0.2, 0) is 15.5 Å². The normalized spacial score (nSPS) is 11.6. The van der Waals surface area contributed by atoms with E-state index in [1.165, 1.54) is 18.2 Å². The van der Waals surface area contributed by atoms with Crippen molar-refractivity contribution in [1.29, 1.82) is 5.41 Å². The Balaban J connectivity index is 1.85. The van der Waals surface area contributed by atoms with Crippen molar-refractivity contribution >= 4 is 30.2 Å². The van der Waals surface area contributed by atoms with Gasteiger partial charge in [0.1, 0.15) is 11.6 Å². The molecule has 180 valence electrons. The number of non-ortho nitro benzene ring substituents is 1. The first kappa shape index (κ1) is 24.1. The van der Waals surface area contributed by atoms with Crippen LogP contribution in [0.5, 0.6) is 5.75 Å². The summed E-state index contributed by atoms with van der Waals surface area (Å²) in [5, 5.41) is 30.8. The van der Waals surface area contributed by atoms with Crippen molar-refractivity contribution in [2.45, 2.75) is 6.42 Å². The van der Waals surface area contributed by atoms with Gasteiger partial charge in [-0.1, -0.05) is 12.1 Å². The molecule has 7 N–H and O–H groups in total. The number of benzene rings is 3. The van der Waals surface area contributed by atoms with E-state index >= 15 is 0 Å². The molecule has 3 aromatic carbocycles. The van der Waals surface area contributed by atoms with Gasteiger partial charge in [-0.25, -0.2) is 4.57 Å². The van der Waals surface area contributed by atoms with Gasteiger partial charge in [0.25, 0.3) is 5.69 Å². The fourth-order valence-corrected chi connectivity index (χ4v) is 4.11. The molecule has 0 saturated heterocycles. The highest BCUT2D eigenvalue weighted by Gasteiger charge is 2.19. The van der Waals surface area contributed by atoms with Gasteiger partial charge in [-0.15, -0.1) is 0 Å². The number of hydrogen-bond acceptors (Lipinski definition) is 6. The summed E-state index contributed by atoms with van der Waals surface area (Å²) in [6, 6.07) is 16.0. The molecule has 1 aromatic heterocycles. The second-order valence-corrected chi connectivity index (χ2v) is 9.06.